The van der Waals surface area contributed by atoms with Crippen molar-refractivity contribution in [3.05, 3.63) is 24.2 Å². The Balaban J connectivity index is 1.84. The third kappa shape index (κ3) is 2.75. The molecule has 2 heterocycles. The van der Waals surface area contributed by atoms with E-state index in [0.29, 0.717) is 5.92 Å². The Hall–Kier alpha value is -1.29. The van der Waals surface area contributed by atoms with Crippen molar-refractivity contribution in [1.29, 1.82) is 0 Å². The SMILES string of the molecule is CC(C)(C)c1cc2c(NCC(Cl)C3CC3)nccn2n1. The van der Waals surface area contributed by atoms with Gasteiger partial charge < -0.3 is 5.32 Å². The van der Waals surface area contributed by atoms with Gasteiger partial charge in [0, 0.05) is 24.4 Å². The van der Waals surface area contributed by atoms with Crippen LogP contribution in [0.15, 0.2) is 18.5 Å². The summed E-state index contributed by atoms with van der Waals surface area (Å²) in [6.07, 6.45) is 6.17. The minimum atomic E-state index is 0.0341. The molecule has 108 valence electrons. The van der Waals surface area contributed by atoms with Gasteiger partial charge in [0.15, 0.2) is 5.82 Å². The first-order valence-corrected chi connectivity index (χ1v) is 7.61. The van der Waals surface area contributed by atoms with Gasteiger partial charge in [-0.1, -0.05) is 20.8 Å². The summed E-state index contributed by atoms with van der Waals surface area (Å²) >= 11 is 6.34. The number of aromatic nitrogens is 3. The van der Waals surface area contributed by atoms with Crippen LogP contribution in [0, 0.1) is 5.92 Å². The van der Waals surface area contributed by atoms with Gasteiger partial charge in [-0.3, -0.25) is 0 Å². The molecule has 1 atom stereocenters. The molecule has 5 heteroatoms. The number of alkyl halides is 1. The normalized spacial score (nSPS) is 17.4. The minimum absolute atomic E-state index is 0.0341. The molecule has 3 rings (SSSR count). The molecule has 4 nitrogen and oxygen atoms in total. The highest BCUT2D eigenvalue weighted by Crippen LogP contribution is 2.35. The summed E-state index contributed by atoms with van der Waals surface area (Å²) < 4.78 is 1.89. The van der Waals surface area contributed by atoms with Crippen LogP contribution in [0.2, 0.25) is 0 Å². The summed E-state index contributed by atoms with van der Waals surface area (Å²) in [5, 5.41) is 8.19. The van der Waals surface area contributed by atoms with E-state index in [4.69, 9.17) is 11.6 Å². The molecule has 20 heavy (non-hydrogen) atoms. The van der Waals surface area contributed by atoms with E-state index in [1.165, 1.54) is 12.8 Å². The van der Waals surface area contributed by atoms with Gasteiger partial charge in [-0.05, 0) is 24.8 Å². The van der Waals surface area contributed by atoms with Crippen molar-refractivity contribution in [3.63, 3.8) is 0 Å². The van der Waals surface area contributed by atoms with Crippen LogP contribution in [0.5, 0.6) is 0 Å². The maximum atomic E-state index is 6.34. The number of nitrogens with zero attached hydrogens (tertiary/aromatic N) is 3. The number of hydrogen-bond acceptors (Lipinski definition) is 3. The zero-order valence-corrected chi connectivity index (χ0v) is 13.0. The van der Waals surface area contributed by atoms with Crippen LogP contribution in [0.3, 0.4) is 0 Å². The molecule has 1 unspecified atom stereocenters. The van der Waals surface area contributed by atoms with Gasteiger partial charge in [0.1, 0.15) is 5.52 Å². The summed E-state index contributed by atoms with van der Waals surface area (Å²) in [6, 6.07) is 2.11. The Morgan fingerprint density at radius 1 is 1.45 bits per heavy atom. The molecule has 0 aromatic carbocycles. The van der Waals surface area contributed by atoms with E-state index in [-0.39, 0.29) is 10.8 Å². The molecule has 1 aliphatic rings. The standard InChI is InChI=1S/C15H21ClN4/c1-15(2,3)13-8-12-14(17-6-7-20(12)19-13)18-9-11(16)10-4-5-10/h6-8,10-11H,4-5,9H2,1-3H3,(H,17,18). The second-order valence-corrected chi connectivity index (χ2v) is 7.18. The average Bonchev–Trinajstić information content (AvgIpc) is 3.13. The third-order valence-corrected chi connectivity index (χ3v) is 4.27. The molecule has 2 aromatic heterocycles. The fraction of sp³-hybridized carbons (Fsp3) is 0.600. The van der Waals surface area contributed by atoms with Crippen LogP contribution in [0.4, 0.5) is 5.82 Å². The summed E-state index contributed by atoms with van der Waals surface area (Å²) in [4.78, 5) is 4.42. The Labute approximate surface area is 124 Å². The van der Waals surface area contributed by atoms with Crippen LogP contribution in [0.1, 0.15) is 39.3 Å². The molecule has 1 aliphatic carbocycles. The number of anilines is 1. The molecular formula is C15H21ClN4. The number of rotatable bonds is 4. The van der Waals surface area contributed by atoms with E-state index >= 15 is 0 Å². The van der Waals surface area contributed by atoms with Crippen LogP contribution in [-0.4, -0.2) is 26.5 Å². The largest absolute Gasteiger partial charge is 0.367 e. The lowest BCUT2D eigenvalue weighted by molar-refractivity contribution is 0.562. The maximum Gasteiger partial charge on any atom is 0.152 e. The van der Waals surface area contributed by atoms with E-state index in [0.717, 1.165) is 23.6 Å². The molecule has 0 radical (unpaired) electrons. The van der Waals surface area contributed by atoms with Crippen LogP contribution >= 0.6 is 11.6 Å². The van der Waals surface area contributed by atoms with Gasteiger partial charge in [0.05, 0.1) is 11.1 Å². The summed E-state index contributed by atoms with van der Waals surface area (Å²) in [7, 11) is 0. The van der Waals surface area contributed by atoms with Gasteiger partial charge in [-0.25, -0.2) is 9.50 Å². The Bertz CT molecular complexity index is 610. The van der Waals surface area contributed by atoms with Gasteiger partial charge in [-0.15, -0.1) is 11.6 Å². The number of nitrogens with one attached hydrogen (secondary N) is 1. The highest BCUT2D eigenvalue weighted by molar-refractivity contribution is 6.21. The number of hydrogen-bond donors (Lipinski definition) is 1. The molecule has 0 aliphatic heterocycles. The van der Waals surface area contributed by atoms with E-state index < -0.39 is 0 Å². The molecule has 1 N–H and O–H groups in total. The summed E-state index contributed by atoms with van der Waals surface area (Å²) in [5.74, 6) is 1.54. The van der Waals surface area contributed by atoms with Crippen LogP contribution in [-0.2, 0) is 5.41 Å². The average molecular weight is 293 g/mol. The first-order chi connectivity index (χ1) is 9.45. The minimum Gasteiger partial charge on any atom is -0.367 e. The molecule has 2 aromatic rings. The lowest BCUT2D eigenvalue weighted by Gasteiger charge is -2.13. The molecule has 0 amide bonds. The van der Waals surface area contributed by atoms with Gasteiger partial charge >= 0.3 is 0 Å². The zero-order chi connectivity index (χ0) is 14.3. The first kappa shape index (κ1) is 13.7. The quantitative estimate of drug-likeness (QED) is 0.878. The Morgan fingerprint density at radius 3 is 2.85 bits per heavy atom. The molecule has 1 saturated carbocycles. The monoisotopic (exact) mass is 292 g/mol. The smallest absolute Gasteiger partial charge is 0.152 e. The van der Waals surface area contributed by atoms with E-state index in [1.54, 1.807) is 6.20 Å². The first-order valence-electron chi connectivity index (χ1n) is 7.18. The third-order valence-electron chi connectivity index (χ3n) is 3.76. The molecular weight excluding hydrogens is 272 g/mol. The van der Waals surface area contributed by atoms with Crippen molar-refractivity contribution in [2.45, 2.75) is 44.4 Å². The maximum absolute atomic E-state index is 6.34. The number of halogens is 1. The second-order valence-electron chi connectivity index (χ2n) is 6.62. The predicted octanol–water partition coefficient (Wildman–Crippen LogP) is 3.46. The zero-order valence-electron chi connectivity index (χ0n) is 12.2. The molecule has 0 bridgehead atoms. The van der Waals surface area contributed by atoms with Crippen molar-refractivity contribution in [2.75, 3.05) is 11.9 Å². The molecule has 0 saturated heterocycles. The van der Waals surface area contributed by atoms with Crippen LogP contribution < -0.4 is 5.32 Å². The Morgan fingerprint density at radius 2 is 2.20 bits per heavy atom. The van der Waals surface area contributed by atoms with E-state index in [1.807, 2.05) is 10.7 Å². The highest BCUT2D eigenvalue weighted by Gasteiger charge is 2.29. The predicted molar refractivity (Wildman–Crippen MR) is 82.5 cm³/mol. The van der Waals surface area contributed by atoms with Crippen molar-refractivity contribution in [1.82, 2.24) is 14.6 Å². The fourth-order valence-corrected chi connectivity index (χ4v) is 2.57. The summed E-state index contributed by atoms with van der Waals surface area (Å²) in [6.45, 7) is 7.25. The fourth-order valence-electron chi connectivity index (χ4n) is 2.24. The van der Waals surface area contributed by atoms with Gasteiger partial charge in [0.25, 0.3) is 0 Å². The van der Waals surface area contributed by atoms with Crippen molar-refractivity contribution >= 4 is 22.9 Å². The van der Waals surface area contributed by atoms with Crippen molar-refractivity contribution in [3.8, 4) is 0 Å². The van der Waals surface area contributed by atoms with Crippen molar-refractivity contribution < 1.29 is 0 Å². The van der Waals surface area contributed by atoms with E-state index in [2.05, 4.69) is 42.2 Å². The van der Waals surface area contributed by atoms with Gasteiger partial charge in [-0.2, -0.15) is 5.10 Å². The highest BCUT2D eigenvalue weighted by atomic mass is 35.5. The summed E-state index contributed by atoms with van der Waals surface area (Å²) in [5.41, 5.74) is 2.11. The van der Waals surface area contributed by atoms with E-state index in [9.17, 15) is 0 Å². The van der Waals surface area contributed by atoms with Crippen LogP contribution in [0.25, 0.3) is 5.52 Å². The topological polar surface area (TPSA) is 42.2 Å². The van der Waals surface area contributed by atoms with Crippen molar-refractivity contribution in [2.24, 2.45) is 5.92 Å². The lowest BCUT2D eigenvalue weighted by atomic mass is 9.92. The molecule has 1 fully saturated rings. The Kier molecular flexibility index (Phi) is 3.36. The number of fused-ring (bicyclic) bond motifs is 1. The lowest BCUT2D eigenvalue weighted by Crippen LogP contribution is -2.17. The second kappa shape index (κ2) is 4.92. The molecule has 0 spiro atoms. The van der Waals surface area contributed by atoms with Gasteiger partial charge in [0.2, 0.25) is 0 Å².